The molecule has 2 aromatic rings. The second-order valence-corrected chi connectivity index (χ2v) is 9.56. The third-order valence-electron chi connectivity index (χ3n) is 6.64. The molecule has 0 aliphatic carbocycles. The first kappa shape index (κ1) is 21.7. The van der Waals surface area contributed by atoms with Gasteiger partial charge in [-0.05, 0) is 35.4 Å². The summed E-state index contributed by atoms with van der Waals surface area (Å²) in [5, 5.41) is 0. The van der Waals surface area contributed by atoms with Crippen LogP contribution < -0.4 is 21.3 Å². The monoisotopic (exact) mass is 464 g/mol. The number of benzene rings is 2. The SMILES string of the molecule is NC(N)=C(c1ccc(N(CC2CO2)CC2CO2)cc1)c1ccc(N(CC2CO2)CC2CO2)cc1. The van der Waals surface area contributed by atoms with Crippen molar-refractivity contribution in [2.24, 2.45) is 11.5 Å². The van der Waals surface area contributed by atoms with Crippen LogP contribution in [0.2, 0.25) is 0 Å². The molecule has 8 heteroatoms. The van der Waals surface area contributed by atoms with Gasteiger partial charge in [-0.3, -0.25) is 0 Å². The van der Waals surface area contributed by atoms with Gasteiger partial charge in [0.2, 0.25) is 0 Å². The first-order valence-corrected chi connectivity index (χ1v) is 12.0. The molecule has 0 saturated carbocycles. The van der Waals surface area contributed by atoms with E-state index in [1.54, 1.807) is 0 Å². The lowest BCUT2D eigenvalue weighted by atomic mass is 9.97. The summed E-state index contributed by atoms with van der Waals surface area (Å²) in [4.78, 5) is 4.68. The van der Waals surface area contributed by atoms with Crippen LogP contribution in [0.1, 0.15) is 11.1 Å². The van der Waals surface area contributed by atoms with Crippen molar-refractivity contribution in [3.8, 4) is 0 Å². The number of anilines is 2. The molecular weight excluding hydrogens is 432 g/mol. The molecule has 2 aromatic carbocycles. The Bertz CT molecular complexity index is 916. The van der Waals surface area contributed by atoms with Gasteiger partial charge in [-0.25, -0.2) is 0 Å². The molecule has 6 rings (SSSR count). The molecule has 0 amide bonds. The summed E-state index contributed by atoms with van der Waals surface area (Å²) in [5.41, 5.74) is 17.5. The highest BCUT2D eigenvalue weighted by atomic mass is 16.6. The number of nitrogens with zero attached hydrogens (tertiary/aromatic N) is 2. The van der Waals surface area contributed by atoms with E-state index in [1.807, 2.05) is 0 Å². The van der Waals surface area contributed by atoms with Crippen LogP contribution in [0.25, 0.3) is 5.57 Å². The van der Waals surface area contributed by atoms with Crippen LogP contribution in [0, 0.1) is 0 Å². The van der Waals surface area contributed by atoms with Gasteiger partial charge in [-0.2, -0.15) is 0 Å². The summed E-state index contributed by atoms with van der Waals surface area (Å²) in [5.74, 6) is 0.310. The molecule has 0 spiro atoms. The molecule has 0 aromatic heterocycles. The van der Waals surface area contributed by atoms with E-state index in [0.717, 1.165) is 80.7 Å². The van der Waals surface area contributed by atoms with Gasteiger partial charge in [0.15, 0.2) is 0 Å². The van der Waals surface area contributed by atoms with Gasteiger partial charge in [0.25, 0.3) is 0 Å². The zero-order chi connectivity index (χ0) is 23.1. The minimum Gasteiger partial charge on any atom is -0.385 e. The topological polar surface area (TPSA) is 109 Å². The number of ether oxygens (including phenoxy) is 4. The number of nitrogens with two attached hydrogens (primary N) is 2. The highest BCUT2D eigenvalue weighted by Gasteiger charge is 2.32. The predicted molar refractivity (Wildman–Crippen MR) is 131 cm³/mol. The fourth-order valence-electron chi connectivity index (χ4n) is 4.43. The zero-order valence-electron chi connectivity index (χ0n) is 19.3. The minimum atomic E-state index is 0.310. The summed E-state index contributed by atoms with van der Waals surface area (Å²) in [6.07, 6.45) is 1.29. The Morgan fingerprint density at radius 2 is 0.882 bits per heavy atom. The standard InChI is InChI=1S/C26H32N4O4/c27-26(28)25(17-1-5-19(6-2-17)29(9-21-13-31-21)10-22-14-32-22)18-3-7-20(8-4-18)30(11-23-15-33-23)12-24-16-34-24/h1-8,21-24H,9-16,27-28H2. The Kier molecular flexibility index (Phi) is 5.82. The molecule has 0 radical (unpaired) electrons. The Labute approximate surface area is 200 Å². The average molecular weight is 465 g/mol. The second kappa shape index (κ2) is 9.11. The van der Waals surface area contributed by atoms with Gasteiger partial charge >= 0.3 is 0 Å². The third-order valence-corrected chi connectivity index (χ3v) is 6.64. The van der Waals surface area contributed by atoms with E-state index in [4.69, 9.17) is 30.4 Å². The van der Waals surface area contributed by atoms with E-state index in [0.29, 0.717) is 30.2 Å². The average Bonchev–Trinajstić information content (AvgIpc) is 3.67. The lowest BCUT2D eigenvalue weighted by Crippen LogP contribution is -2.31. The smallest absolute Gasteiger partial charge is 0.102 e. The Hall–Kier alpha value is -2.78. The molecule has 4 N–H and O–H groups in total. The lowest BCUT2D eigenvalue weighted by Gasteiger charge is -2.24. The summed E-state index contributed by atoms with van der Waals surface area (Å²) in [6, 6.07) is 16.9. The number of epoxide rings is 4. The highest BCUT2D eigenvalue weighted by Crippen LogP contribution is 2.30. The van der Waals surface area contributed by atoms with E-state index < -0.39 is 0 Å². The zero-order valence-corrected chi connectivity index (χ0v) is 19.3. The van der Waals surface area contributed by atoms with Crippen LogP contribution in [0.15, 0.2) is 54.4 Å². The lowest BCUT2D eigenvalue weighted by molar-refractivity contribution is 0.388. The normalized spacial score (nSPS) is 26.0. The number of hydrogen-bond donors (Lipinski definition) is 2. The Morgan fingerprint density at radius 3 is 1.12 bits per heavy atom. The van der Waals surface area contributed by atoms with E-state index in [2.05, 4.69) is 58.3 Å². The van der Waals surface area contributed by atoms with Gasteiger partial charge < -0.3 is 40.2 Å². The van der Waals surface area contributed by atoms with Gasteiger partial charge in [0.1, 0.15) is 5.82 Å². The molecule has 4 atom stereocenters. The summed E-state index contributed by atoms with van der Waals surface area (Å²) < 4.78 is 21.8. The molecule has 34 heavy (non-hydrogen) atoms. The largest absolute Gasteiger partial charge is 0.385 e. The molecule has 4 saturated heterocycles. The van der Waals surface area contributed by atoms with Crippen molar-refractivity contribution in [1.82, 2.24) is 0 Å². The van der Waals surface area contributed by atoms with Gasteiger partial charge in [0, 0.05) is 43.1 Å². The van der Waals surface area contributed by atoms with Crippen molar-refractivity contribution in [2.45, 2.75) is 24.4 Å². The van der Waals surface area contributed by atoms with Gasteiger partial charge in [-0.15, -0.1) is 0 Å². The fraction of sp³-hybridized carbons (Fsp3) is 0.462. The van der Waals surface area contributed by atoms with Crippen LogP contribution in [-0.4, -0.2) is 77.0 Å². The Morgan fingerprint density at radius 1 is 0.588 bits per heavy atom. The molecular formula is C26H32N4O4. The van der Waals surface area contributed by atoms with Crippen molar-refractivity contribution < 1.29 is 18.9 Å². The quantitative estimate of drug-likeness (QED) is 0.455. The van der Waals surface area contributed by atoms with E-state index in [1.165, 1.54) is 0 Å². The summed E-state index contributed by atoms with van der Waals surface area (Å²) in [7, 11) is 0. The molecule has 4 aliphatic rings. The van der Waals surface area contributed by atoms with Crippen molar-refractivity contribution >= 4 is 16.9 Å². The maximum Gasteiger partial charge on any atom is 0.102 e. The molecule has 8 nitrogen and oxygen atoms in total. The molecule has 4 heterocycles. The molecule has 4 fully saturated rings. The van der Waals surface area contributed by atoms with E-state index >= 15 is 0 Å². The highest BCUT2D eigenvalue weighted by molar-refractivity contribution is 5.82. The van der Waals surface area contributed by atoms with Crippen LogP contribution >= 0.6 is 0 Å². The van der Waals surface area contributed by atoms with Crippen molar-refractivity contribution in [1.29, 1.82) is 0 Å². The van der Waals surface area contributed by atoms with Crippen LogP contribution in [0.3, 0.4) is 0 Å². The molecule has 0 bridgehead atoms. The summed E-state index contributed by atoms with van der Waals surface area (Å²) >= 11 is 0. The van der Waals surface area contributed by atoms with Gasteiger partial charge in [0.05, 0.1) is 50.8 Å². The van der Waals surface area contributed by atoms with E-state index in [9.17, 15) is 0 Å². The third kappa shape index (κ3) is 5.47. The summed E-state index contributed by atoms with van der Waals surface area (Å²) in [6.45, 7) is 6.90. The van der Waals surface area contributed by atoms with E-state index in [-0.39, 0.29) is 0 Å². The minimum absolute atomic E-state index is 0.310. The van der Waals surface area contributed by atoms with Crippen LogP contribution in [0.4, 0.5) is 11.4 Å². The predicted octanol–water partition coefficient (Wildman–Crippen LogP) is 1.53. The maximum absolute atomic E-state index is 6.16. The van der Waals surface area contributed by atoms with Crippen LogP contribution in [-0.2, 0) is 18.9 Å². The first-order valence-electron chi connectivity index (χ1n) is 12.0. The first-order chi connectivity index (χ1) is 16.6. The maximum atomic E-state index is 6.16. The van der Waals surface area contributed by atoms with Gasteiger partial charge in [-0.1, -0.05) is 24.3 Å². The second-order valence-electron chi connectivity index (χ2n) is 9.56. The Balaban J connectivity index is 1.19. The molecule has 4 aliphatic heterocycles. The fourth-order valence-corrected chi connectivity index (χ4v) is 4.43. The van der Waals surface area contributed by atoms with Crippen molar-refractivity contribution in [2.75, 3.05) is 62.4 Å². The molecule has 180 valence electrons. The number of hydrogen-bond acceptors (Lipinski definition) is 8. The van der Waals surface area contributed by atoms with Crippen molar-refractivity contribution in [3.05, 3.63) is 65.5 Å². The van der Waals surface area contributed by atoms with Crippen molar-refractivity contribution in [3.63, 3.8) is 0 Å². The molecule has 4 unspecified atom stereocenters. The number of rotatable bonds is 12. The van der Waals surface area contributed by atoms with Crippen LogP contribution in [0.5, 0.6) is 0 Å².